The molecule has 3 heteroatoms. The monoisotopic (exact) mass is 244 g/mol. The zero-order valence-corrected chi connectivity index (χ0v) is 10.7. The molecular weight excluding hydrogens is 224 g/mol. The summed E-state index contributed by atoms with van der Waals surface area (Å²) in [5, 5.41) is 3.34. The van der Waals surface area contributed by atoms with E-state index in [2.05, 4.69) is 16.4 Å². The summed E-state index contributed by atoms with van der Waals surface area (Å²) < 4.78 is 0. The lowest BCUT2D eigenvalue weighted by Crippen LogP contribution is -2.37. The molecule has 0 aromatic carbocycles. The van der Waals surface area contributed by atoms with E-state index in [1.165, 1.54) is 5.56 Å². The number of aromatic nitrogens is 1. The van der Waals surface area contributed by atoms with Gasteiger partial charge < -0.3 is 5.32 Å². The number of rotatable bonds is 2. The van der Waals surface area contributed by atoms with Crippen molar-refractivity contribution in [1.29, 1.82) is 0 Å². The van der Waals surface area contributed by atoms with Crippen LogP contribution in [0.3, 0.4) is 0 Å². The number of nitrogens with one attached hydrogen (secondary N) is 1. The molecule has 1 aromatic rings. The Morgan fingerprint density at radius 1 is 1.33 bits per heavy atom. The van der Waals surface area contributed by atoms with E-state index in [1.807, 2.05) is 12.3 Å². The predicted octanol–water partition coefficient (Wildman–Crippen LogP) is 2.07. The predicted molar refractivity (Wildman–Crippen MR) is 70.5 cm³/mol. The van der Waals surface area contributed by atoms with Gasteiger partial charge in [0.2, 0.25) is 0 Å². The molecule has 2 aliphatic rings. The highest BCUT2D eigenvalue weighted by atomic mass is 16.1. The maximum Gasteiger partial charge on any atom is 0.146 e. The van der Waals surface area contributed by atoms with Crippen molar-refractivity contribution >= 4 is 5.78 Å². The largest absolute Gasteiger partial charge is 0.316 e. The van der Waals surface area contributed by atoms with Gasteiger partial charge in [0, 0.05) is 18.7 Å². The fourth-order valence-corrected chi connectivity index (χ4v) is 3.27. The Balaban J connectivity index is 1.82. The van der Waals surface area contributed by atoms with Gasteiger partial charge in [-0.1, -0.05) is 6.07 Å². The van der Waals surface area contributed by atoms with Gasteiger partial charge >= 0.3 is 0 Å². The third-order valence-corrected chi connectivity index (χ3v) is 4.24. The first-order chi connectivity index (χ1) is 8.86. The van der Waals surface area contributed by atoms with Gasteiger partial charge in [0.25, 0.3) is 0 Å². The van der Waals surface area contributed by atoms with Gasteiger partial charge in [-0.25, -0.2) is 0 Å². The molecular formula is C15H20N2O. The number of hydrogen-bond donors (Lipinski definition) is 1. The molecule has 1 saturated heterocycles. The third-order valence-electron chi connectivity index (χ3n) is 4.24. The zero-order chi connectivity index (χ0) is 12.4. The van der Waals surface area contributed by atoms with E-state index in [0.717, 1.165) is 50.9 Å². The minimum Gasteiger partial charge on any atom is -0.316 e. The van der Waals surface area contributed by atoms with E-state index < -0.39 is 0 Å². The lowest BCUT2D eigenvalue weighted by molar-refractivity contribution is -0.125. The molecule has 2 heterocycles. The fourth-order valence-electron chi connectivity index (χ4n) is 3.27. The summed E-state index contributed by atoms with van der Waals surface area (Å²) in [6.45, 7) is 1.92. The van der Waals surface area contributed by atoms with E-state index in [9.17, 15) is 4.79 Å². The van der Waals surface area contributed by atoms with Crippen molar-refractivity contribution in [2.45, 2.75) is 38.0 Å². The van der Waals surface area contributed by atoms with Crippen LogP contribution in [0.25, 0.3) is 0 Å². The summed E-state index contributed by atoms with van der Waals surface area (Å²) in [4.78, 5) is 17.1. The van der Waals surface area contributed by atoms with Gasteiger partial charge in [-0.05, 0) is 50.3 Å². The third kappa shape index (κ3) is 2.19. The Hall–Kier alpha value is -1.22. The Kier molecular flexibility index (Phi) is 3.41. The Bertz CT molecular complexity index is 438. The highest BCUT2D eigenvalue weighted by Gasteiger charge is 2.32. The fraction of sp³-hybridized carbons (Fsp3) is 0.600. The van der Waals surface area contributed by atoms with Crippen molar-refractivity contribution in [2.75, 3.05) is 13.1 Å². The lowest BCUT2D eigenvalue weighted by atomic mass is 9.78. The van der Waals surface area contributed by atoms with Crippen LogP contribution < -0.4 is 5.32 Å². The van der Waals surface area contributed by atoms with Gasteiger partial charge in [-0.15, -0.1) is 0 Å². The van der Waals surface area contributed by atoms with Crippen LogP contribution in [0, 0.1) is 5.92 Å². The van der Waals surface area contributed by atoms with Gasteiger partial charge in [-0.3, -0.25) is 9.78 Å². The second-order valence-electron chi connectivity index (χ2n) is 5.44. The van der Waals surface area contributed by atoms with Crippen LogP contribution in [-0.2, 0) is 11.2 Å². The topological polar surface area (TPSA) is 42.0 Å². The number of piperidine rings is 1. The number of Topliss-reactive ketones (excluding diaryl/α,β-unsaturated/α-hetero) is 1. The summed E-state index contributed by atoms with van der Waals surface area (Å²) in [5.74, 6) is 0.679. The van der Waals surface area contributed by atoms with Gasteiger partial charge in [0.1, 0.15) is 5.78 Å². The van der Waals surface area contributed by atoms with Crippen LogP contribution in [0.5, 0.6) is 0 Å². The first-order valence-corrected chi connectivity index (χ1v) is 7.04. The number of carbonyl (C=O) groups excluding carboxylic acids is 1. The van der Waals surface area contributed by atoms with Crippen molar-refractivity contribution < 1.29 is 4.79 Å². The van der Waals surface area contributed by atoms with Gasteiger partial charge in [-0.2, -0.15) is 0 Å². The molecule has 1 N–H and O–H groups in total. The summed E-state index contributed by atoms with van der Waals surface area (Å²) >= 11 is 0. The van der Waals surface area contributed by atoms with Crippen molar-refractivity contribution in [3.8, 4) is 0 Å². The number of hydrogen-bond acceptors (Lipinski definition) is 3. The standard InChI is InChI=1S/C15H20N2O/c18-15(12-6-2-8-16-10-12)13-7-1-4-11-5-3-9-17-14(11)13/h3,5,9,12-13,16H,1-2,4,6-8,10H2. The summed E-state index contributed by atoms with van der Waals surface area (Å²) in [7, 11) is 0. The highest BCUT2D eigenvalue weighted by Crippen LogP contribution is 2.33. The maximum atomic E-state index is 12.6. The Morgan fingerprint density at radius 2 is 2.28 bits per heavy atom. The summed E-state index contributed by atoms with van der Waals surface area (Å²) in [5.41, 5.74) is 2.34. The zero-order valence-electron chi connectivity index (χ0n) is 10.7. The summed E-state index contributed by atoms with van der Waals surface area (Å²) in [6, 6.07) is 4.11. The molecule has 0 spiro atoms. The Morgan fingerprint density at radius 3 is 3.11 bits per heavy atom. The molecule has 3 nitrogen and oxygen atoms in total. The van der Waals surface area contributed by atoms with Gasteiger partial charge in [0.15, 0.2) is 0 Å². The number of nitrogens with zero attached hydrogens (tertiary/aromatic N) is 1. The molecule has 0 saturated carbocycles. The van der Waals surface area contributed by atoms with E-state index in [4.69, 9.17) is 0 Å². The summed E-state index contributed by atoms with van der Waals surface area (Å²) in [6.07, 6.45) is 7.18. The second-order valence-corrected chi connectivity index (χ2v) is 5.44. The van der Waals surface area contributed by atoms with Crippen molar-refractivity contribution in [1.82, 2.24) is 10.3 Å². The molecule has 1 aliphatic carbocycles. The van der Waals surface area contributed by atoms with Crippen molar-refractivity contribution in [3.63, 3.8) is 0 Å². The highest BCUT2D eigenvalue weighted by molar-refractivity contribution is 5.88. The minimum absolute atomic E-state index is 0.0554. The molecule has 0 bridgehead atoms. The average molecular weight is 244 g/mol. The minimum atomic E-state index is 0.0554. The Labute approximate surface area is 108 Å². The molecule has 18 heavy (non-hydrogen) atoms. The molecule has 3 rings (SSSR count). The molecule has 1 aromatic heterocycles. The lowest BCUT2D eigenvalue weighted by Gasteiger charge is -2.29. The maximum absolute atomic E-state index is 12.6. The van der Waals surface area contributed by atoms with Crippen LogP contribution >= 0.6 is 0 Å². The number of fused-ring (bicyclic) bond motifs is 1. The molecule has 0 radical (unpaired) electrons. The molecule has 96 valence electrons. The van der Waals surface area contributed by atoms with Crippen molar-refractivity contribution in [2.24, 2.45) is 5.92 Å². The van der Waals surface area contributed by atoms with Crippen molar-refractivity contribution in [3.05, 3.63) is 29.6 Å². The second kappa shape index (κ2) is 5.19. The SMILES string of the molecule is O=C(C1CCCNC1)C1CCCc2cccnc21. The quantitative estimate of drug-likeness (QED) is 0.866. The normalized spacial score (nSPS) is 27.6. The molecule has 1 fully saturated rings. The average Bonchev–Trinajstić information content (AvgIpc) is 2.47. The number of carbonyl (C=O) groups is 1. The van der Waals surface area contributed by atoms with Gasteiger partial charge in [0.05, 0.1) is 11.6 Å². The smallest absolute Gasteiger partial charge is 0.146 e. The molecule has 0 amide bonds. The van der Waals surface area contributed by atoms with Crippen LogP contribution in [0.4, 0.5) is 0 Å². The molecule has 2 unspecified atom stereocenters. The van der Waals surface area contributed by atoms with E-state index in [1.54, 1.807) is 0 Å². The number of aryl methyl sites for hydroxylation is 1. The van der Waals surface area contributed by atoms with Crippen LogP contribution in [-0.4, -0.2) is 23.9 Å². The van der Waals surface area contributed by atoms with E-state index >= 15 is 0 Å². The number of pyridine rings is 1. The van der Waals surface area contributed by atoms with E-state index in [0.29, 0.717) is 5.78 Å². The first kappa shape index (κ1) is 11.8. The first-order valence-electron chi connectivity index (χ1n) is 7.04. The van der Waals surface area contributed by atoms with Crippen LogP contribution in [0.2, 0.25) is 0 Å². The van der Waals surface area contributed by atoms with Crippen LogP contribution in [0.15, 0.2) is 18.3 Å². The molecule has 2 atom stereocenters. The van der Waals surface area contributed by atoms with E-state index in [-0.39, 0.29) is 11.8 Å². The van der Waals surface area contributed by atoms with Crippen LogP contribution in [0.1, 0.15) is 42.9 Å². The number of ketones is 1. The molecule has 1 aliphatic heterocycles.